The van der Waals surface area contributed by atoms with E-state index in [0.717, 1.165) is 17.0 Å². The highest BCUT2D eigenvalue weighted by atomic mass is 16.5. The molecule has 0 saturated heterocycles. The first-order valence-electron chi connectivity index (χ1n) is 5.38. The van der Waals surface area contributed by atoms with Crippen molar-refractivity contribution in [2.24, 2.45) is 0 Å². The zero-order valence-corrected chi connectivity index (χ0v) is 9.86. The van der Waals surface area contributed by atoms with Crippen LogP contribution in [-0.4, -0.2) is 17.1 Å². The molecule has 0 aliphatic carbocycles. The highest BCUT2D eigenvalue weighted by molar-refractivity contribution is 5.35. The molecular formula is C13H14N2O2. The molecule has 2 aromatic rings. The number of benzene rings is 1. The van der Waals surface area contributed by atoms with E-state index in [4.69, 9.17) is 4.74 Å². The predicted octanol–water partition coefficient (Wildman–Crippen LogP) is 1.68. The van der Waals surface area contributed by atoms with Crippen LogP contribution in [0.5, 0.6) is 5.75 Å². The van der Waals surface area contributed by atoms with E-state index < -0.39 is 0 Å². The number of nitrogens with zero attached hydrogens (tertiary/aromatic N) is 1. The number of hydrogen-bond acceptors (Lipinski definition) is 3. The van der Waals surface area contributed by atoms with Crippen LogP contribution in [0.2, 0.25) is 0 Å². The third-order valence-corrected chi connectivity index (χ3v) is 2.47. The van der Waals surface area contributed by atoms with E-state index in [1.165, 1.54) is 6.07 Å². The molecule has 1 N–H and O–H groups in total. The Labute approximate surface area is 99.3 Å². The molecule has 0 atom stereocenters. The highest BCUT2D eigenvalue weighted by Gasteiger charge is 2.05. The topological polar surface area (TPSA) is 55.0 Å². The first-order chi connectivity index (χ1) is 8.19. The van der Waals surface area contributed by atoms with Crippen molar-refractivity contribution in [1.29, 1.82) is 0 Å². The van der Waals surface area contributed by atoms with Gasteiger partial charge in [0.05, 0.1) is 7.11 Å². The van der Waals surface area contributed by atoms with E-state index in [1.54, 1.807) is 14.0 Å². The Bertz CT molecular complexity index is 576. The molecule has 0 aliphatic heterocycles. The molecule has 4 heteroatoms. The van der Waals surface area contributed by atoms with Crippen LogP contribution in [0, 0.1) is 6.92 Å². The minimum absolute atomic E-state index is 0.123. The van der Waals surface area contributed by atoms with Crippen LogP contribution in [0.4, 0.5) is 0 Å². The molecule has 4 nitrogen and oxygen atoms in total. The highest BCUT2D eigenvalue weighted by Crippen LogP contribution is 2.19. The third-order valence-electron chi connectivity index (χ3n) is 2.47. The Morgan fingerprint density at radius 2 is 2.12 bits per heavy atom. The molecule has 1 heterocycles. The Morgan fingerprint density at radius 1 is 1.35 bits per heavy atom. The molecule has 1 aromatic carbocycles. The van der Waals surface area contributed by atoms with Gasteiger partial charge in [0.25, 0.3) is 5.56 Å². The average Bonchev–Trinajstić information content (AvgIpc) is 2.28. The van der Waals surface area contributed by atoms with E-state index in [0.29, 0.717) is 12.2 Å². The lowest BCUT2D eigenvalue weighted by Gasteiger charge is -2.07. The summed E-state index contributed by atoms with van der Waals surface area (Å²) in [6.07, 6.45) is 0.556. The molecule has 2 rings (SSSR count). The van der Waals surface area contributed by atoms with Crippen molar-refractivity contribution in [3.63, 3.8) is 0 Å². The summed E-state index contributed by atoms with van der Waals surface area (Å²) >= 11 is 0. The maximum Gasteiger partial charge on any atom is 0.251 e. The Morgan fingerprint density at radius 3 is 2.82 bits per heavy atom. The summed E-state index contributed by atoms with van der Waals surface area (Å²) in [7, 11) is 1.63. The van der Waals surface area contributed by atoms with Crippen molar-refractivity contribution < 1.29 is 4.74 Å². The SMILES string of the molecule is COc1ccccc1Cc1nc(C)cc(=O)[nH]1. The van der Waals surface area contributed by atoms with Gasteiger partial charge in [0.2, 0.25) is 0 Å². The molecule has 0 fully saturated rings. The average molecular weight is 230 g/mol. The van der Waals surface area contributed by atoms with Gasteiger partial charge >= 0.3 is 0 Å². The van der Waals surface area contributed by atoms with Crippen molar-refractivity contribution in [2.75, 3.05) is 7.11 Å². The van der Waals surface area contributed by atoms with Gasteiger partial charge in [-0.1, -0.05) is 18.2 Å². The normalized spacial score (nSPS) is 10.2. The summed E-state index contributed by atoms with van der Waals surface area (Å²) in [5.74, 6) is 1.45. The maximum atomic E-state index is 11.3. The number of aryl methyl sites for hydroxylation is 1. The van der Waals surface area contributed by atoms with Crippen molar-refractivity contribution in [1.82, 2.24) is 9.97 Å². The van der Waals surface area contributed by atoms with Gasteiger partial charge in [0.1, 0.15) is 11.6 Å². The van der Waals surface area contributed by atoms with Crippen LogP contribution in [0.25, 0.3) is 0 Å². The van der Waals surface area contributed by atoms with Gasteiger partial charge in [-0.2, -0.15) is 0 Å². The van der Waals surface area contributed by atoms with Crippen LogP contribution in [-0.2, 0) is 6.42 Å². The van der Waals surface area contributed by atoms with Crippen molar-refractivity contribution >= 4 is 0 Å². The second-order valence-corrected chi connectivity index (χ2v) is 3.82. The minimum Gasteiger partial charge on any atom is -0.496 e. The fraction of sp³-hybridized carbons (Fsp3) is 0.231. The van der Waals surface area contributed by atoms with Gasteiger partial charge < -0.3 is 9.72 Å². The van der Waals surface area contributed by atoms with Crippen molar-refractivity contribution in [3.8, 4) is 5.75 Å². The number of nitrogens with one attached hydrogen (secondary N) is 1. The molecule has 0 spiro atoms. The largest absolute Gasteiger partial charge is 0.496 e. The lowest BCUT2D eigenvalue weighted by atomic mass is 10.1. The van der Waals surface area contributed by atoms with Crippen LogP contribution < -0.4 is 10.3 Å². The number of aromatic nitrogens is 2. The van der Waals surface area contributed by atoms with Crippen molar-refractivity contribution in [3.05, 3.63) is 57.8 Å². The van der Waals surface area contributed by atoms with Crippen LogP contribution in [0.15, 0.2) is 35.1 Å². The van der Waals surface area contributed by atoms with E-state index in [1.807, 2.05) is 24.3 Å². The molecule has 0 radical (unpaired) electrons. The summed E-state index contributed by atoms with van der Waals surface area (Å²) < 4.78 is 5.26. The number of aromatic amines is 1. The Balaban J connectivity index is 2.34. The number of hydrogen-bond donors (Lipinski definition) is 1. The molecule has 0 bridgehead atoms. The van der Waals surface area contributed by atoms with Gasteiger partial charge in [0.15, 0.2) is 0 Å². The number of H-pyrrole nitrogens is 1. The number of rotatable bonds is 3. The second kappa shape index (κ2) is 4.82. The van der Waals surface area contributed by atoms with Crippen LogP contribution >= 0.6 is 0 Å². The standard InChI is InChI=1S/C13H14N2O2/c1-9-7-13(16)15-12(14-9)8-10-5-3-4-6-11(10)17-2/h3-7H,8H2,1-2H3,(H,14,15,16). The Kier molecular flexibility index (Phi) is 3.23. The summed E-state index contributed by atoms with van der Waals surface area (Å²) in [5, 5.41) is 0. The molecule has 0 saturated carbocycles. The van der Waals surface area contributed by atoms with Crippen LogP contribution in [0.1, 0.15) is 17.1 Å². The predicted molar refractivity (Wildman–Crippen MR) is 65.4 cm³/mol. The van der Waals surface area contributed by atoms with E-state index in [9.17, 15) is 4.79 Å². The fourth-order valence-corrected chi connectivity index (χ4v) is 1.75. The zero-order valence-electron chi connectivity index (χ0n) is 9.86. The van der Waals surface area contributed by atoms with Gasteiger partial charge in [-0.25, -0.2) is 4.98 Å². The second-order valence-electron chi connectivity index (χ2n) is 3.82. The summed E-state index contributed by atoms with van der Waals surface area (Å²) in [4.78, 5) is 18.3. The summed E-state index contributed by atoms with van der Waals surface area (Å²) in [6, 6.07) is 9.18. The van der Waals surface area contributed by atoms with Crippen molar-refractivity contribution in [2.45, 2.75) is 13.3 Å². The molecule has 17 heavy (non-hydrogen) atoms. The first kappa shape index (κ1) is 11.4. The zero-order chi connectivity index (χ0) is 12.3. The van der Waals surface area contributed by atoms with E-state index >= 15 is 0 Å². The van der Waals surface area contributed by atoms with E-state index in [-0.39, 0.29) is 5.56 Å². The minimum atomic E-state index is -0.123. The molecular weight excluding hydrogens is 216 g/mol. The maximum absolute atomic E-state index is 11.3. The quantitative estimate of drug-likeness (QED) is 0.872. The van der Waals surface area contributed by atoms with Gasteiger partial charge in [-0.05, 0) is 13.0 Å². The molecule has 0 unspecified atom stereocenters. The van der Waals surface area contributed by atoms with Gasteiger partial charge in [0, 0.05) is 23.7 Å². The fourth-order valence-electron chi connectivity index (χ4n) is 1.75. The number of para-hydroxylation sites is 1. The molecule has 1 aromatic heterocycles. The molecule has 88 valence electrons. The summed E-state index contributed by atoms with van der Waals surface area (Å²) in [5.41, 5.74) is 1.60. The van der Waals surface area contributed by atoms with Crippen LogP contribution in [0.3, 0.4) is 0 Å². The third kappa shape index (κ3) is 2.72. The summed E-state index contributed by atoms with van der Waals surface area (Å²) in [6.45, 7) is 1.81. The lowest BCUT2D eigenvalue weighted by Crippen LogP contribution is -2.11. The van der Waals surface area contributed by atoms with Gasteiger partial charge in [-0.3, -0.25) is 4.79 Å². The molecule has 0 amide bonds. The molecule has 0 aliphatic rings. The monoisotopic (exact) mass is 230 g/mol. The first-order valence-corrected chi connectivity index (χ1v) is 5.38. The van der Waals surface area contributed by atoms with Gasteiger partial charge in [-0.15, -0.1) is 0 Å². The lowest BCUT2D eigenvalue weighted by molar-refractivity contribution is 0.410. The number of ether oxygens (including phenoxy) is 1. The smallest absolute Gasteiger partial charge is 0.251 e. The van der Waals surface area contributed by atoms with E-state index in [2.05, 4.69) is 9.97 Å². The number of methoxy groups -OCH3 is 1. The Hall–Kier alpha value is -2.10.